The number of hydrogen-bond donors (Lipinski definition) is 1. The van der Waals surface area contributed by atoms with Crippen LogP contribution in [0.5, 0.6) is 0 Å². The molecule has 3 heterocycles. The number of fused-ring (bicyclic) bond motifs is 4. The minimum Gasteiger partial charge on any atom is -0.336 e. The maximum Gasteiger partial charge on any atom is 0.317 e. The summed E-state index contributed by atoms with van der Waals surface area (Å²) in [6.07, 6.45) is 5.11. The number of aromatic nitrogens is 1. The summed E-state index contributed by atoms with van der Waals surface area (Å²) in [6.45, 7) is 8.06. The van der Waals surface area contributed by atoms with E-state index in [4.69, 9.17) is 0 Å². The van der Waals surface area contributed by atoms with Crippen molar-refractivity contribution in [2.24, 2.45) is 5.92 Å². The Morgan fingerprint density at radius 2 is 2.09 bits per heavy atom. The van der Waals surface area contributed by atoms with Crippen LogP contribution in [0.2, 0.25) is 0 Å². The van der Waals surface area contributed by atoms with E-state index in [1.807, 2.05) is 42.4 Å². The number of urea groups is 1. The molecule has 0 radical (unpaired) electrons. The van der Waals surface area contributed by atoms with Crippen molar-refractivity contribution in [2.45, 2.75) is 45.7 Å². The van der Waals surface area contributed by atoms with Gasteiger partial charge in [-0.2, -0.15) is 0 Å². The lowest BCUT2D eigenvalue weighted by Gasteiger charge is -2.43. The van der Waals surface area contributed by atoms with Crippen LogP contribution in [0.15, 0.2) is 23.0 Å². The van der Waals surface area contributed by atoms with Gasteiger partial charge in [-0.25, -0.2) is 4.79 Å². The zero-order chi connectivity index (χ0) is 16.6. The average Bonchev–Trinajstić information content (AvgIpc) is 2.49. The van der Waals surface area contributed by atoms with Crippen molar-refractivity contribution in [3.63, 3.8) is 0 Å². The zero-order valence-corrected chi connectivity index (χ0v) is 14.1. The van der Waals surface area contributed by atoms with E-state index in [2.05, 4.69) is 11.4 Å². The van der Waals surface area contributed by atoms with Crippen LogP contribution in [0.25, 0.3) is 6.08 Å². The first kappa shape index (κ1) is 15.8. The average molecular weight is 315 g/mol. The van der Waals surface area contributed by atoms with Gasteiger partial charge in [0.15, 0.2) is 0 Å². The van der Waals surface area contributed by atoms with Gasteiger partial charge in [0.05, 0.1) is 0 Å². The van der Waals surface area contributed by atoms with Crippen molar-refractivity contribution in [3.8, 4) is 0 Å². The van der Waals surface area contributed by atoms with Crippen molar-refractivity contribution >= 4 is 12.1 Å². The highest BCUT2D eigenvalue weighted by atomic mass is 16.2. The molecule has 0 unspecified atom stereocenters. The molecule has 23 heavy (non-hydrogen) atoms. The molecule has 1 saturated heterocycles. The maximum absolute atomic E-state index is 12.4. The molecule has 5 nitrogen and oxygen atoms in total. The van der Waals surface area contributed by atoms with E-state index in [-0.39, 0.29) is 23.6 Å². The van der Waals surface area contributed by atoms with E-state index in [9.17, 15) is 9.59 Å². The fourth-order valence-electron chi connectivity index (χ4n) is 3.87. The summed E-state index contributed by atoms with van der Waals surface area (Å²) in [5.41, 5.74) is 2.26. The smallest absolute Gasteiger partial charge is 0.317 e. The molecular weight excluding hydrogens is 290 g/mol. The van der Waals surface area contributed by atoms with Gasteiger partial charge in [0.2, 0.25) is 0 Å². The molecule has 3 rings (SSSR count). The minimum absolute atomic E-state index is 0.00834. The predicted molar refractivity (Wildman–Crippen MR) is 91.5 cm³/mol. The fraction of sp³-hybridized carbons (Fsp3) is 0.556. The summed E-state index contributed by atoms with van der Waals surface area (Å²) < 4.78 is 1.92. The minimum atomic E-state index is 0.00834. The molecule has 1 fully saturated rings. The first-order valence-corrected chi connectivity index (χ1v) is 8.41. The second kappa shape index (κ2) is 6.22. The van der Waals surface area contributed by atoms with Gasteiger partial charge >= 0.3 is 6.03 Å². The van der Waals surface area contributed by atoms with E-state index >= 15 is 0 Å². The monoisotopic (exact) mass is 315 g/mol. The van der Waals surface area contributed by atoms with Gasteiger partial charge in [-0.1, -0.05) is 12.2 Å². The number of carbonyl (C=O) groups excluding carboxylic acids is 1. The molecule has 2 atom stereocenters. The van der Waals surface area contributed by atoms with Crippen LogP contribution in [0, 0.1) is 5.92 Å². The third kappa shape index (κ3) is 3.05. The highest BCUT2D eigenvalue weighted by Crippen LogP contribution is 2.37. The summed E-state index contributed by atoms with van der Waals surface area (Å²) in [4.78, 5) is 26.5. The molecule has 1 N–H and O–H groups in total. The predicted octanol–water partition coefficient (Wildman–Crippen LogP) is 2.42. The Bertz CT molecular complexity index is 690. The van der Waals surface area contributed by atoms with Crippen LogP contribution >= 0.6 is 0 Å². The number of likely N-dealkylation sites (tertiary alicyclic amines) is 1. The molecule has 0 saturated carbocycles. The Labute approximate surface area is 137 Å². The quantitative estimate of drug-likeness (QED) is 0.911. The van der Waals surface area contributed by atoms with Gasteiger partial charge in [-0.3, -0.25) is 4.79 Å². The van der Waals surface area contributed by atoms with Crippen molar-refractivity contribution in [3.05, 3.63) is 39.8 Å². The Morgan fingerprint density at radius 1 is 1.30 bits per heavy atom. The second-order valence-electron chi connectivity index (χ2n) is 6.93. The first-order valence-electron chi connectivity index (χ1n) is 8.41. The van der Waals surface area contributed by atoms with Gasteiger partial charge in [-0.15, -0.1) is 0 Å². The van der Waals surface area contributed by atoms with Crippen molar-refractivity contribution < 1.29 is 4.79 Å². The van der Waals surface area contributed by atoms with Gasteiger partial charge < -0.3 is 14.8 Å². The summed E-state index contributed by atoms with van der Waals surface area (Å²) in [7, 11) is 0. The van der Waals surface area contributed by atoms with E-state index in [1.54, 1.807) is 6.07 Å². The van der Waals surface area contributed by atoms with Gasteiger partial charge in [0, 0.05) is 43.4 Å². The summed E-state index contributed by atoms with van der Waals surface area (Å²) >= 11 is 0. The topological polar surface area (TPSA) is 54.3 Å². The van der Waals surface area contributed by atoms with Crippen molar-refractivity contribution in [1.29, 1.82) is 0 Å². The standard InChI is InChI=1S/C18H25N3O2/c1-4-5-14-6-7-16(22)21-10-13-8-15(17(14)21)11-20(9-13)18(23)19-12(2)3/h4-7,12-13,15H,8-11H2,1-3H3,(H,19,23)/t13-,15-/m0/s1. The highest BCUT2D eigenvalue weighted by molar-refractivity contribution is 5.74. The van der Waals surface area contributed by atoms with Crippen LogP contribution in [0.1, 0.15) is 44.4 Å². The summed E-state index contributed by atoms with van der Waals surface area (Å²) in [5.74, 6) is 0.596. The van der Waals surface area contributed by atoms with E-state index in [1.165, 1.54) is 0 Å². The van der Waals surface area contributed by atoms with Crippen molar-refractivity contribution in [2.75, 3.05) is 13.1 Å². The molecule has 2 amide bonds. The fourth-order valence-corrected chi connectivity index (χ4v) is 3.87. The lowest BCUT2D eigenvalue weighted by Crippen LogP contribution is -2.53. The normalized spacial score (nSPS) is 23.2. The maximum atomic E-state index is 12.4. The highest BCUT2D eigenvalue weighted by Gasteiger charge is 2.37. The largest absolute Gasteiger partial charge is 0.336 e. The number of carbonyl (C=O) groups is 1. The SMILES string of the molecule is CC=Cc1ccc(=O)n2c1[C@H]1C[C@@H](CN(C(=O)NC(C)C)C1)C2. The molecular formula is C18H25N3O2. The number of amides is 2. The summed E-state index contributed by atoms with van der Waals surface area (Å²) in [5, 5.41) is 2.98. The molecule has 0 aliphatic carbocycles. The lowest BCUT2D eigenvalue weighted by atomic mass is 9.81. The molecule has 5 heteroatoms. The number of pyridine rings is 1. The van der Waals surface area contributed by atoms with Crippen LogP contribution < -0.4 is 10.9 Å². The Morgan fingerprint density at radius 3 is 2.78 bits per heavy atom. The molecule has 0 aromatic carbocycles. The molecule has 2 bridgehead atoms. The van der Waals surface area contributed by atoms with Crippen LogP contribution in [0.4, 0.5) is 4.79 Å². The number of allylic oxidation sites excluding steroid dienone is 1. The molecule has 1 aromatic rings. The van der Waals surface area contributed by atoms with Crippen LogP contribution in [0.3, 0.4) is 0 Å². The van der Waals surface area contributed by atoms with E-state index < -0.39 is 0 Å². The van der Waals surface area contributed by atoms with Crippen LogP contribution in [-0.2, 0) is 6.54 Å². The Hall–Kier alpha value is -2.04. The van der Waals surface area contributed by atoms with E-state index in [0.717, 1.165) is 24.2 Å². The summed E-state index contributed by atoms with van der Waals surface area (Å²) in [6, 6.07) is 3.71. The van der Waals surface area contributed by atoms with Gasteiger partial charge in [0.1, 0.15) is 0 Å². The lowest BCUT2D eigenvalue weighted by molar-refractivity contribution is 0.129. The van der Waals surface area contributed by atoms with Gasteiger partial charge in [0.25, 0.3) is 5.56 Å². The molecule has 124 valence electrons. The third-order valence-corrected chi connectivity index (χ3v) is 4.67. The molecule has 2 aliphatic heterocycles. The number of hydrogen-bond acceptors (Lipinski definition) is 2. The molecule has 1 aromatic heterocycles. The van der Waals surface area contributed by atoms with E-state index in [0.29, 0.717) is 19.0 Å². The van der Waals surface area contributed by atoms with Gasteiger partial charge in [-0.05, 0) is 44.7 Å². The molecule has 2 aliphatic rings. The van der Waals surface area contributed by atoms with Crippen molar-refractivity contribution in [1.82, 2.24) is 14.8 Å². The first-order chi connectivity index (χ1) is 11.0. The van der Waals surface area contributed by atoms with Crippen LogP contribution in [-0.4, -0.2) is 34.6 Å². The number of nitrogens with zero attached hydrogens (tertiary/aromatic N) is 2. The molecule has 0 spiro atoms. The Kier molecular flexibility index (Phi) is 4.28. The second-order valence-corrected chi connectivity index (χ2v) is 6.93. The number of piperidine rings is 1. The zero-order valence-electron chi connectivity index (χ0n) is 14.1. The third-order valence-electron chi connectivity index (χ3n) is 4.67. The number of nitrogens with one attached hydrogen (secondary N) is 1. The Balaban J connectivity index is 1.94. The number of rotatable bonds is 2.